The molecule has 2 aromatic heterocycles. The lowest BCUT2D eigenvalue weighted by atomic mass is 10.1. The number of fused-ring (bicyclic) bond motifs is 1. The van der Waals surface area contributed by atoms with E-state index in [1.807, 2.05) is 74.6 Å². The van der Waals surface area contributed by atoms with Gasteiger partial charge in [-0.3, -0.25) is 14.2 Å². The molecule has 0 unspecified atom stereocenters. The molecule has 0 aliphatic heterocycles. The van der Waals surface area contributed by atoms with Crippen molar-refractivity contribution in [2.24, 2.45) is 0 Å². The Hall–Kier alpha value is -3.67. The highest BCUT2D eigenvalue weighted by Crippen LogP contribution is 2.28. The minimum atomic E-state index is -0.194. The summed E-state index contributed by atoms with van der Waals surface area (Å²) in [6, 6.07) is 17.5. The van der Waals surface area contributed by atoms with Gasteiger partial charge in [0.05, 0.1) is 6.33 Å². The van der Waals surface area contributed by atoms with E-state index in [0.29, 0.717) is 11.0 Å². The van der Waals surface area contributed by atoms with Gasteiger partial charge in [-0.25, -0.2) is 4.98 Å². The molecular formula is C25H26N4O2. The number of aromatic nitrogens is 3. The molecule has 6 heteroatoms. The Morgan fingerprint density at radius 3 is 2.42 bits per heavy atom. The Morgan fingerprint density at radius 1 is 1.06 bits per heavy atom. The fraction of sp³-hybridized carbons (Fsp3) is 0.240. The zero-order chi connectivity index (χ0) is 22.0. The maximum absolute atomic E-state index is 13.2. The normalized spacial score (nSPS) is 11.2. The van der Waals surface area contributed by atoms with Crippen molar-refractivity contribution in [3.63, 3.8) is 0 Å². The van der Waals surface area contributed by atoms with Gasteiger partial charge in [0, 0.05) is 23.5 Å². The Morgan fingerprint density at radius 2 is 1.77 bits per heavy atom. The van der Waals surface area contributed by atoms with Crippen molar-refractivity contribution < 1.29 is 4.79 Å². The molecule has 0 spiro atoms. The molecule has 0 saturated carbocycles. The first kappa shape index (κ1) is 20.6. The zero-order valence-electron chi connectivity index (χ0n) is 18.0. The molecular weight excluding hydrogens is 388 g/mol. The van der Waals surface area contributed by atoms with Crippen LogP contribution in [0.3, 0.4) is 0 Å². The van der Waals surface area contributed by atoms with Gasteiger partial charge in [-0.05, 0) is 43.5 Å². The van der Waals surface area contributed by atoms with Crippen molar-refractivity contribution in [3.8, 4) is 11.1 Å². The van der Waals surface area contributed by atoms with Gasteiger partial charge in [0.2, 0.25) is 5.91 Å². The van der Waals surface area contributed by atoms with Crippen LogP contribution in [0.25, 0.3) is 22.2 Å². The second kappa shape index (κ2) is 8.60. The van der Waals surface area contributed by atoms with Gasteiger partial charge in [-0.15, -0.1) is 0 Å². The predicted octanol–water partition coefficient (Wildman–Crippen LogP) is 4.65. The Bertz CT molecular complexity index is 1270. The quantitative estimate of drug-likeness (QED) is 0.499. The van der Waals surface area contributed by atoms with Gasteiger partial charge in [0.25, 0.3) is 5.56 Å². The molecule has 0 aliphatic rings. The second-order valence-electron chi connectivity index (χ2n) is 7.88. The SMILES string of the molecule is CCc1ccc(NC(=O)Cn2cc(-c3ccccc3)c3ncn(C(C)C)c(=O)c32)cc1. The highest BCUT2D eigenvalue weighted by atomic mass is 16.2. The van der Waals surface area contributed by atoms with Crippen molar-refractivity contribution in [1.82, 2.24) is 14.1 Å². The average molecular weight is 415 g/mol. The van der Waals surface area contributed by atoms with Gasteiger partial charge in [0.1, 0.15) is 17.6 Å². The number of anilines is 1. The summed E-state index contributed by atoms with van der Waals surface area (Å²) in [6.45, 7) is 5.99. The highest BCUT2D eigenvalue weighted by Gasteiger charge is 2.18. The minimum Gasteiger partial charge on any atom is -0.332 e. The number of hydrogen-bond acceptors (Lipinski definition) is 3. The lowest BCUT2D eigenvalue weighted by molar-refractivity contribution is -0.116. The van der Waals surface area contributed by atoms with Gasteiger partial charge in [0.15, 0.2) is 0 Å². The number of carbonyl (C=O) groups excluding carboxylic acids is 1. The van der Waals surface area contributed by atoms with Crippen LogP contribution in [0.5, 0.6) is 0 Å². The summed E-state index contributed by atoms with van der Waals surface area (Å²) in [5.41, 5.74) is 4.63. The van der Waals surface area contributed by atoms with Crippen LogP contribution >= 0.6 is 0 Å². The average Bonchev–Trinajstić information content (AvgIpc) is 3.14. The third-order valence-corrected chi connectivity index (χ3v) is 5.40. The van der Waals surface area contributed by atoms with Gasteiger partial charge >= 0.3 is 0 Å². The molecule has 31 heavy (non-hydrogen) atoms. The van der Waals surface area contributed by atoms with E-state index in [4.69, 9.17) is 0 Å². The molecule has 6 nitrogen and oxygen atoms in total. The van der Waals surface area contributed by atoms with E-state index in [0.717, 1.165) is 23.2 Å². The van der Waals surface area contributed by atoms with Crippen LogP contribution in [0.2, 0.25) is 0 Å². The van der Waals surface area contributed by atoms with Gasteiger partial charge in [-0.1, -0.05) is 49.4 Å². The molecule has 0 fully saturated rings. The number of hydrogen-bond donors (Lipinski definition) is 1. The molecule has 158 valence electrons. The van der Waals surface area contributed by atoms with Crippen LogP contribution < -0.4 is 10.9 Å². The number of benzene rings is 2. The van der Waals surface area contributed by atoms with E-state index in [1.165, 1.54) is 5.56 Å². The predicted molar refractivity (Wildman–Crippen MR) is 124 cm³/mol. The summed E-state index contributed by atoms with van der Waals surface area (Å²) >= 11 is 0. The molecule has 2 heterocycles. The van der Waals surface area contributed by atoms with Crippen molar-refractivity contribution in [2.45, 2.75) is 39.8 Å². The molecule has 0 saturated heterocycles. The van der Waals surface area contributed by atoms with E-state index in [-0.39, 0.29) is 24.1 Å². The Labute approximate surface area is 181 Å². The maximum atomic E-state index is 13.2. The molecule has 4 aromatic rings. The minimum absolute atomic E-state index is 0.0257. The number of rotatable bonds is 6. The van der Waals surface area contributed by atoms with Gasteiger partial charge < -0.3 is 9.88 Å². The van der Waals surface area contributed by atoms with Crippen LogP contribution in [0, 0.1) is 0 Å². The fourth-order valence-electron chi connectivity index (χ4n) is 3.70. The summed E-state index contributed by atoms with van der Waals surface area (Å²) in [4.78, 5) is 30.6. The first-order chi connectivity index (χ1) is 15.0. The molecule has 0 atom stereocenters. The summed E-state index contributed by atoms with van der Waals surface area (Å²) in [5, 5.41) is 2.92. The lowest BCUT2D eigenvalue weighted by Crippen LogP contribution is -2.26. The van der Waals surface area contributed by atoms with Crippen LogP contribution in [0.1, 0.15) is 32.4 Å². The van der Waals surface area contributed by atoms with Crippen LogP contribution in [0.15, 0.2) is 71.9 Å². The number of amides is 1. The van der Waals surface area contributed by atoms with Crippen molar-refractivity contribution in [1.29, 1.82) is 0 Å². The lowest BCUT2D eigenvalue weighted by Gasteiger charge is -2.11. The first-order valence-electron chi connectivity index (χ1n) is 10.5. The van der Waals surface area contributed by atoms with E-state index in [2.05, 4.69) is 17.2 Å². The monoisotopic (exact) mass is 414 g/mol. The first-order valence-corrected chi connectivity index (χ1v) is 10.5. The number of nitrogens with zero attached hydrogens (tertiary/aromatic N) is 3. The molecule has 0 bridgehead atoms. The van der Waals surface area contributed by atoms with Gasteiger partial charge in [-0.2, -0.15) is 0 Å². The third-order valence-electron chi connectivity index (χ3n) is 5.40. The summed E-state index contributed by atoms with van der Waals surface area (Å²) in [7, 11) is 0. The van der Waals surface area contributed by atoms with E-state index >= 15 is 0 Å². The van der Waals surface area contributed by atoms with Crippen molar-refractivity contribution >= 4 is 22.6 Å². The maximum Gasteiger partial charge on any atom is 0.278 e. The number of nitrogens with one attached hydrogen (secondary N) is 1. The molecule has 0 radical (unpaired) electrons. The van der Waals surface area contributed by atoms with Crippen molar-refractivity contribution in [3.05, 3.63) is 83.0 Å². The Balaban J connectivity index is 1.74. The molecule has 2 aromatic carbocycles. The Kier molecular flexibility index (Phi) is 5.71. The summed E-state index contributed by atoms with van der Waals surface area (Å²) in [5.74, 6) is -0.194. The summed E-state index contributed by atoms with van der Waals surface area (Å²) < 4.78 is 3.30. The standard InChI is InChI=1S/C25H26N4O2/c1-4-18-10-12-20(13-11-18)27-22(30)15-28-14-21(19-8-6-5-7-9-19)23-24(28)25(31)29(16-26-23)17(2)3/h5-14,16-17H,4,15H2,1-3H3,(H,27,30). The second-order valence-corrected chi connectivity index (χ2v) is 7.88. The molecule has 1 N–H and O–H groups in total. The summed E-state index contributed by atoms with van der Waals surface area (Å²) in [6.07, 6.45) is 4.38. The highest BCUT2D eigenvalue weighted by molar-refractivity contribution is 5.95. The van der Waals surface area contributed by atoms with E-state index < -0.39 is 0 Å². The van der Waals surface area contributed by atoms with Crippen LogP contribution in [0.4, 0.5) is 5.69 Å². The molecule has 0 aliphatic carbocycles. The molecule has 4 rings (SSSR count). The number of aryl methyl sites for hydroxylation is 1. The number of carbonyl (C=O) groups is 1. The van der Waals surface area contributed by atoms with Crippen molar-refractivity contribution in [2.75, 3.05) is 5.32 Å². The largest absolute Gasteiger partial charge is 0.332 e. The fourth-order valence-corrected chi connectivity index (χ4v) is 3.70. The van der Waals surface area contributed by atoms with E-state index in [9.17, 15) is 9.59 Å². The van der Waals surface area contributed by atoms with E-state index in [1.54, 1.807) is 15.5 Å². The van der Waals surface area contributed by atoms with Crippen LogP contribution in [-0.2, 0) is 17.8 Å². The zero-order valence-corrected chi connectivity index (χ0v) is 18.0. The molecule has 1 amide bonds. The smallest absolute Gasteiger partial charge is 0.278 e. The topological polar surface area (TPSA) is 68.9 Å². The van der Waals surface area contributed by atoms with Crippen LogP contribution in [-0.4, -0.2) is 20.0 Å². The third kappa shape index (κ3) is 4.14.